The maximum absolute atomic E-state index is 5.40. The molecule has 0 saturated carbocycles. The van der Waals surface area contributed by atoms with E-state index in [9.17, 15) is 0 Å². The molecule has 0 amide bonds. The highest BCUT2D eigenvalue weighted by atomic mass is 16.3. The van der Waals surface area contributed by atoms with Gasteiger partial charge in [-0.2, -0.15) is 0 Å². The second kappa shape index (κ2) is 4.53. The number of aromatic nitrogens is 1. The standard InChI is InChI=1S/C15H14N2O/c1-11(15-8-4-10-18-15)17-14-7-2-6-13-12(14)5-3-9-16-13/h2-11,17H,1H3. The van der Waals surface area contributed by atoms with Gasteiger partial charge in [-0.25, -0.2) is 0 Å². The maximum atomic E-state index is 5.40. The molecule has 0 aliphatic rings. The lowest BCUT2D eigenvalue weighted by Gasteiger charge is -2.14. The maximum Gasteiger partial charge on any atom is 0.125 e. The molecule has 0 fully saturated rings. The first kappa shape index (κ1) is 10.8. The van der Waals surface area contributed by atoms with E-state index in [1.165, 1.54) is 0 Å². The van der Waals surface area contributed by atoms with E-state index in [2.05, 4.69) is 29.4 Å². The van der Waals surface area contributed by atoms with E-state index in [1.54, 1.807) is 6.26 Å². The molecule has 0 aliphatic heterocycles. The Hall–Kier alpha value is -2.29. The van der Waals surface area contributed by atoms with Crippen molar-refractivity contribution in [2.24, 2.45) is 0 Å². The van der Waals surface area contributed by atoms with Crippen LogP contribution in [-0.2, 0) is 0 Å². The van der Waals surface area contributed by atoms with Crippen molar-refractivity contribution in [3.05, 3.63) is 60.7 Å². The predicted molar refractivity (Wildman–Crippen MR) is 72.5 cm³/mol. The van der Waals surface area contributed by atoms with Gasteiger partial charge in [-0.3, -0.25) is 4.98 Å². The van der Waals surface area contributed by atoms with Crippen LogP contribution in [0.5, 0.6) is 0 Å². The van der Waals surface area contributed by atoms with Gasteiger partial charge >= 0.3 is 0 Å². The fraction of sp³-hybridized carbons (Fsp3) is 0.133. The fourth-order valence-electron chi connectivity index (χ4n) is 2.07. The minimum atomic E-state index is 0.130. The summed E-state index contributed by atoms with van der Waals surface area (Å²) >= 11 is 0. The first-order chi connectivity index (χ1) is 8.84. The van der Waals surface area contributed by atoms with Crippen molar-refractivity contribution in [3.8, 4) is 0 Å². The molecule has 0 spiro atoms. The average molecular weight is 238 g/mol. The van der Waals surface area contributed by atoms with E-state index in [-0.39, 0.29) is 6.04 Å². The van der Waals surface area contributed by atoms with Crippen LogP contribution in [0.25, 0.3) is 10.9 Å². The Balaban J connectivity index is 1.95. The Morgan fingerprint density at radius 1 is 1.11 bits per heavy atom. The third-order valence-corrected chi connectivity index (χ3v) is 2.99. The monoisotopic (exact) mass is 238 g/mol. The van der Waals surface area contributed by atoms with E-state index < -0.39 is 0 Å². The van der Waals surface area contributed by atoms with E-state index in [0.29, 0.717) is 0 Å². The molecule has 3 aromatic rings. The number of hydrogen-bond donors (Lipinski definition) is 1. The van der Waals surface area contributed by atoms with Gasteiger partial charge in [0.25, 0.3) is 0 Å². The summed E-state index contributed by atoms with van der Waals surface area (Å²) < 4.78 is 5.40. The van der Waals surface area contributed by atoms with Crippen LogP contribution in [0.15, 0.2) is 59.3 Å². The Labute approximate surface area is 105 Å². The van der Waals surface area contributed by atoms with Gasteiger partial charge in [0.2, 0.25) is 0 Å². The number of rotatable bonds is 3. The van der Waals surface area contributed by atoms with Crippen molar-refractivity contribution >= 4 is 16.6 Å². The smallest absolute Gasteiger partial charge is 0.125 e. The van der Waals surface area contributed by atoms with Gasteiger partial charge in [-0.05, 0) is 43.3 Å². The number of benzene rings is 1. The average Bonchev–Trinajstić information content (AvgIpc) is 2.93. The van der Waals surface area contributed by atoms with Crippen molar-refractivity contribution in [3.63, 3.8) is 0 Å². The predicted octanol–water partition coefficient (Wildman–Crippen LogP) is 4.00. The number of furan rings is 1. The van der Waals surface area contributed by atoms with E-state index in [0.717, 1.165) is 22.4 Å². The second-order valence-corrected chi connectivity index (χ2v) is 4.26. The molecule has 1 unspecified atom stereocenters. The molecule has 3 nitrogen and oxygen atoms in total. The van der Waals surface area contributed by atoms with Gasteiger partial charge in [-0.1, -0.05) is 6.07 Å². The zero-order chi connectivity index (χ0) is 12.4. The van der Waals surface area contributed by atoms with Crippen LogP contribution in [-0.4, -0.2) is 4.98 Å². The SMILES string of the molecule is CC(Nc1cccc2ncccc12)c1ccco1. The van der Waals surface area contributed by atoms with Gasteiger partial charge in [0.15, 0.2) is 0 Å². The van der Waals surface area contributed by atoms with Gasteiger partial charge < -0.3 is 9.73 Å². The Morgan fingerprint density at radius 2 is 2.06 bits per heavy atom. The van der Waals surface area contributed by atoms with E-state index in [4.69, 9.17) is 4.42 Å². The zero-order valence-electron chi connectivity index (χ0n) is 10.1. The highest BCUT2D eigenvalue weighted by molar-refractivity contribution is 5.91. The molecule has 0 bridgehead atoms. The van der Waals surface area contributed by atoms with Crippen molar-refractivity contribution in [2.75, 3.05) is 5.32 Å². The minimum absolute atomic E-state index is 0.130. The van der Waals surface area contributed by atoms with Crippen LogP contribution >= 0.6 is 0 Å². The largest absolute Gasteiger partial charge is 0.467 e. The van der Waals surface area contributed by atoms with Crippen LogP contribution in [0.1, 0.15) is 18.7 Å². The molecule has 1 atom stereocenters. The Morgan fingerprint density at radius 3 is 2.89 bits per heavy atom. The summed E-state index contributed by atoms with van der Waals surface area (Å²) in [7, 11) is 0. The van der Waals surface area contributed by atoms with E-state index >= 15 is 0 Å². The van der Waals surface area contributed by atoms with Crippen LogP contribution in [0, 0.1) is 0 Å². The lowest BCUT2D eigenvalue weighted by molar-refractivity contribution is 0.491. The van der Waals surface area contributed by atoms with Crippen LogP contribution in [0.4, 0.5) is 5.69 Å². The number of fused-ring (bicyclic) bond motifs is 1. The molecule has 1 aromatic carbocycles. The normalized spacial score (nSPS) is 12.5. The molecule has 2 heterocycles. The minimum Gasteiger partial charge on any atom is -0.467 e. The first-order valence-corrected chi connectivity index (χ1v) is 5.98. The van der Waals surface area contributed by atoms with Crippen LogP contribution in [0.2, 0.25) is 0 Å². The van der Waals surface area contributed by atoms with Gasteiger partial charge in [0.1, 0.15) is 5.76 Å². The Kier molecular flexibility index (Phi) is 2.73. The molecule has 2 aromatic heterocycles. The second-order valence-electron chi connectivity index (χ2n) is 4.26. The molecule has 3 heteroatoms. The van der Waals surface area contributed by atoms with Crippen molar-refractivity contribution < 1.29 is 4.42 Å². The van der Waals surface area contributed by atoms with Crippen molar-refractivity contribution in [1.29, 1.82) is 0 Å². The van der Waals surface area contributed by atoms with Crippen LogP contribution < -0.4 is 5.32 Å². The summed E-state index contributed by atoms with van der Waals surface area (Å²) in [6.07, 6.45) is 3.50. The van der Waals surface area contributed by atoms with Crippen LogP contribution in [0.3, 0.4) is 0 Å². The van der Waals surface area contributed by atoms with Gasteiger partial charge in [0, 0.05) is 17.3 Å². The third-order valence-electron chi connectivity index (χ3n) is 2.99. The summed E-state index contributed by atoms with van der Waals surface area (Å²) in [6.45, 7) is 2.08. The summed E-state index contributed by atoms with van der Waals surface area (Å²) in [5, 5.41) is 4.58. The number of hydrogen-bond acceptors (Lipinski definition) is 3. The molecular formula is C15H14N2O. The van der Waals surface area contributed by atoms with Gasteiger partial charge in [0.05, 0.1) is 17.8 Å². The number of nitrogens with one attached hydrogen (secondary N) is 1. The zero-order valence-corrected chi connectivity index (χ0v) is 10.1. The molecule has 90 valence electrons. The lowest BCUT2D eigenvalue weighted by atomic mass is 10.1. The molecule has 0 saturated heterocycles. The first-order valence-electron chi connectivity index (χ1n) is 5.98. The molecule has 18 heavy (non-hydrogen) atoms. The number of nitrogens with zero attached hydrogens (tertiary/aromatic N) is 1. The molecule has 3 rings (SSSR count). The molecule has 0 radical (unpaired) electrons. The number of anilines is 1. The summed E-state index contributed by atoms with van der Waals surface area (Å²) in [5.41, 5.74) is 2.07. The summed E-state index contributed by atoms with van der Waals surface area (Å²) in [5.74, 6) is 0.927. The van der Waals surface area contributed by atoms with Gasteiger partial charge in [-0.15, -0.1) is 0 Å². The molecule has 1 N–H and O–H groups in total. The molecular weight excluding hydrogens is 224 g/mol. The van der Waals surface area contributed by atoms with Crippen molar-refractivity contribution in [2.45, 2.75) is 13.0 Å². The van der Waals surface area contributed by atoms with E-state index in [1.807, 2.05) is 36.5 Å². The topological polar surface area (TPSA) is 38.1 Å². The number of pyridine rings is 1. The highest BCUT2D eigenvalue weighted by Gasteiger charge is 2.09. The van der Waals surface area contributed by atoms with Crippen molar-refractivity contribution in [1.82, 2.24) is 4.98 Å². The Bertz CT molecular complexity index is 641. The summed E-state index contributed by atoms with van der Waals surface area (Å²) in [6, 6.07) is 14.1. The quantitative estimate of drug-likeness (QED) is 0.749. The highest BCUT2D eigenvalue weighted by Crippen LogP contribution is 2.25. The lowest BCUT2D eigenvalue weighted by Crippen LogP contribution is -2.05. The third kappa shape index (κ3) is 1.95. The fourth-order valence-corrected chi connectivity index (χ4v) is 2.07. The summed E-state index contributed by atoms with van der Waals surface area (Å²) in [4.78, 5) is 4.35. The molecule has 0 aliphatic carbocycles.